The number of ether oxygens (including phenoxy) is 2. The second-order valence-corrected chi connectivity index (χ2v) is 4.93. The zero-order valence-electron chi connectivity index (χ0n) is 14.1. The minimum Gasteiger partial charge on any atom is -0.497 e. The van der Waals surface area contributed by atoms with Gasteiger partial charge in [-0.1, -0.05) is 12.1 Å². The lowest BCUT2D eigenvalue weighted by molar-refractivity contribution is -0.112. The summed E-state index contributed by atoms with van der Waals surface area (Å²) in [7, 11) is 1.57. The third kappa shape index (κ3) is 5.01. The Morgan fingerprint density at radius 3 is 2.56 bits per heavy atom. The monoisotopic (exact) mass is 337 g/mol. The van der Waals surface area contributed by atoms with E-state index in [4.69, 9.17) is 9.47 Å². The van der Waals surface area contributed by atoms with E-state index in [1.807, 2.05) is 31.2 Å². The number of benzene rings is 2. The van der Waals surface area contributed by atoms with Gasteiger partial charge in [-0.15, -0.1) is 0 Å². The molecule has 2 aromatic carbocycles. The van der Waals surface area contributed by atoms with Gasteiger partial charge in [-0.3, -0.25) is 4.79 Å². The molecule has 0 bridgehead atoms. The first kappa shape index (κ1) is 17.9. The highest BCUT2D eigenvalue weighted by Crippen LogP contribution is 2.24. The Bertz CT molecular complexity index is 792. The Morgan fingerprint density at radius 1 is 1.20 bits per heavy atom. The molecule has 0 radical (unpaired) electrons. The molecule has 0 spiro atoms. The molecule has 1 amide bonds. The molecule has 0 fully saturated rings. The molecule has 0 heterocycles. The molecule has 0 saturated carbocycles. The summed E-state index contributed by atoms with van der Waals surface area (Å²) in [4.78, 5) is 12.2. The second kappa shape index (κ2) is 8.99. The number of para-hydroxylation sites is 2. The van der Waals surface area contributed by atoms with Crippen LogP contribution < -0.4 is 20.1 Å². The van der Waals surface area contributed by atoms with Gasteiger partial charge >= 0.3 is 0 Å². The summed E-state index contributed by atoms with van der Waals surface area (Å²) in [6.07, 6.45) is 1.36. The van der Waals surface area contributed by atoms with Crippen LogP contribution in [0.15, 0.2) is 60.3 Å². The fourth-order valence-electron chi connectivity index (χ4n) is 2.04. The van der Waals surface area contributed by atoms with Crippen LogP contribution in [-0.4, -0.2) is 19.6 Å². The van der Waals surface area contributed by atoms with E-state index < -0.39 is 5.91 Å². The summed E-state index contributed by atoms with van der Waals surface area (Å²) in [5, 5.41) is 14.8. The van der Waals surface area contributed by atoms with Gasteiger partial charge in [0.25, 0.3) is 5.91 Å². The van der Waals surface area contributed by atoms with E-state index in [2.05, 4.69) is 10.6 Å². The van der Waals surface area contributed by atoms with Crippen molar-refractivity contribution in [3.63, 3.8) is 0 Å². The minimum absolute atomic E-state index is 0.0536. The SMILES string of the molecule is CCOc1ccccc1N/C=C(/C#N)C(=O)Nc1ccc(OC)cc1. The quantitative estimate of drug-likeness (QED) is 0.596. The number of amides is 1. The first-order valence-electron chi connectivity index (χ1n) is 7.72. The van der Waals surface area contributed by atoms with Crippen molar-refractivity contribution in [2.45, 2.75) is 6.92 Å². The predicted octanol–water partition coefficient (Wildman–Crippen LogP) is 3.55. The van der Waals surface area contributed by atoms with Gasteiger partial charge < -0.3 is 20.1 Å². The van der Waals surface area contributed by atoms with Crippen LogP contribution in [-0.2, 0) is 4.79 Å². The van der Waals surface area contributed by atoms with Crippen LogP contribution in [0.2, 0.25) is 0 Å². The molecular formula is C19H19N3O3. The zero-order valence-corrected chi connectivity index (χ0v) is 14.1. The van der Waals surface area contributed by atoms with Crippen molar-refractivity contribution < 1.29 is 14.3 Å². The van der Waals surface area contributed by atoms with E-state index in [0.717, 1.165) is 0 Å². The lowest BCUT2D eigenvalue weighted by atomic mass is 10.2. The maximum absolute atomic E-state index is 12.2. The van der Waals surface area contributed by atoms with Crippen molar-refractivity contribution >= 4 is 17.3 Å². The number of carbonyl (C=O) groups is 1. The maximum Gasteiger partial charge on any atom is 0.267 e. The van der Waals surface area contributed by atoms with E-state index in [9.17, 15) is 10.1 Å². The second-order valence-electron chi connectivity index (χ2n) is 4.93. The van der Waals surface area contributed by atoms with Crippen LogP contribution in [0.25, 0.3) is 0 Å². The molecule has 0 aliphatic rings. The van der Waals surface area contributed by atoms with Gasteiger partial charge in [0.05, 0.1) is 19.4 Å². The number of hydrogen-bond acceptors (Lipinski definition) is 5. The number of carbonyl (C=O) groups excluding carboxylic acids is 1. The Morgan fingerprint density at radius 2 is 1.92 bits per heavy atom. The van der Waals surface area contributed by atoms with E-state index >= 15 is 0 Å². The van der Waals surface area contributed by atoms with E-state index in [0.29, 0.717) is 29.5 Å². The molecule has 0 aromatic heterocycles. The highest BCUT2D eigenvalue weighted by Gasteiger charge is 2.10. The largest absolute Gasteiger partial charge is 0.497 e. The third-order valence-electron chi connectivity index (χ3n) is 3.27. The summed E-state index contributed by atoms with van der Waals surface area (Å²) in [5.41, 5.74) is 1.19. The molecule has 6 nitrogen and oxygen atoms in total. The molecule has 2 N–H and O–H groups in total. The molecule has 0 aliphatic heterocycles. The zero-order chi connectivity index (χ0) is 18.1. The van der Waals surface area contributed by atoms with Gasteiger partial charge in [-0.2, -0.15) is 5.26 Å². The average molecular weight is 337 g/mol. The number of rotatable bonds is 7. The minimum atomic E-state index is -0.506. The van der Waals surface area contributed by atoms with E-state index in [1.165, 1.54) is 6.20 Å². The number of nitriles is 1. The lowest BCUT2D eigenvalue weighted by Crippen LogP contribution is -2.14. The summed E-state index contributed by atoms with van der Waals surface area (Å²) >= 11 is 0. The molecule has 0 saturated heterocycles. The number of hydrogen-bond donors (Lipinski definition) is 2. The molecule has 0 aliphatic carbocycles. The van der Waals surface area contributed by atoms with Crippen molar-refractivity contribution in [2.24, 2.45) is 0 Å². The standard InChI is InChI=1S/C19H19N3O3/c1-3-25-18-7-5-4-6-17(18)21-13-14(12-20)19(23)22-15-8-10-16(24-2)11-9-15/h4-11,13,21H,3H2,1-2H3,(H,22,23)/b14-13-. The van der Waals surface area contributed by atoms with Crippen LogP contribution in [0.1, 0.15) is 6.92 Å². The van der Waals surface area contributed by atoms with Crippen molar-refractivity contribution in [3.05, 3.63) is 60.3 Å². The van der Waals surface area contributed by atoms with Gasteiger partial charge in [0, 0.05) is 11.9 Å². The van der Waals surface area contributed by atoms with Crippen LogP contribution in [0.3, 0.4) is 0 Å². The summed E-state index contributed by atoms with van der Waals surface area (Å²) in [6.45, 7) is 2.40. The summed E-state index contributed by atoms with van der Waals surface area (Å²) < 4.78 is 10.6. The van der Waals surface area contributed by atoms with Crippen molar-refractivity contribution in [1.29, 1.82) is 5.26 Å². The fraction of sp³-hybridized carbons (Fsp3) is 0.158. The fourth-order valence-corrected chi connectivity index (χ4v) is 2.04. The van der Waals surface area contributed by atoms with Crippen molar-refractivity contribution in [2.75, 3.05) is 24.4 Å². The Balaban J connectivity index is 2.09. The molecule has 0 atom stereocenters. The molecular weight excluding hydrogens is 318 g/mol. The van der Waals surface area contributed by atoms with Crippen LogP contribution in [0.4, 0.5) is 11.4 Å². The molecule has 2 rings (SSSR count). The van der Waals surface area contributed by atoms with Gasteiger partial charge in [-0.25, -0.2) is 0 Å². The van der Waals surface area contributed by atoms with E-state index in [1.54, 1.807) is 37.4 Å². The van der Waals surface area contributed by atoms with Crippen molar-refractivity contribution in [1.82, 2.24) is 0 Å². The van der Waals surface area contributed by atoms with E-state index in [-0.39, 0.29) is 5.57 Å². The predicted molar refractivity (Wildman–Crippen MR) is 96.6 cm³/mol. The summed E-state index contributed by atoms with van der Waals surface area (Å²) in [6, 6.07) is 16.0. The Kier molecular flexibility index (Phi) is 6.43. The molecule has 25 heavy (non-hydrogen) atoms. The molecule has 2 aromatic rings. The number of nitrogens with one attached hydrogen (secondary N) is 2. The summed E-state index contributed by atoms with van der Waals surface area (Å²) in [5.74, 6) is 0.825. The molecule has 6 heteroatoms. The third-order valence-corrected chi connectivity index (χ3v) is 3.27. The van der Waals surface area contributed by atoms with Crippen LogP contribution in [0, 0.1) is 11.3 Å². The van der Waals surface area contributed by atoms with Crippen molar-refractivity contribution in [3.8, 4) is 17.6 Å². The number of nitrogens with zero attached hydrogens (tertiary/aromatic N) is 1. The number of anilines is 2. The van der Waals surface area contributed by atoms with Crippen LogP contribution >= 0.6 is 0 Å². The van der Waals surface area contributed by atoms with Crippen LogP contribution in [0.5, 0.6) is 11.5 Å². The lowest BCUT2D eigenvalue weighted by Gasteiger charge is -2.10. The average Bonchev–Trinajstić information content (AvgIpc) is 2.64. The first-order chi connectivity index (χ1) is 12.2. The topological polar surface area (TPSA) is 83.4 Å². The number of methoxy groups -OCH3 is 1. The van der Waals surface area contributed by atoms with Gasteiger partial charge in [0.1, 0.15) is 23.1 Å². The smallest absolute Gasteiger partial charge is 0.267 e. The Hall–Kier alpha value is -3.46. The van der Waals surface area contributed by atoms with Gasteiger partial charge in [0.15, 0.2) is 0 Å². The van der Waals surface area contributed by atoms with Gasteiger partial charge in [-0.05, 0) is 43.3 Å². The first-order valence-corrected chi connectivity index (χ1v) is 7.72. The maximum atomic E-state index is 12.2. The highest BCUT2D eigenvalue weighted by atomic mass is 16.5. The highest BCUT2D eigenvalue weighted by molar-refractivity contribution is 6.06. The molecule has 128 valence electrons. The Labute approximate surface area is 146 Å². The normalized spacial score (nSPS) is 10.5. The molecule has 0 unspecified atom stereocenters. The van der Waals surface area contributed by atoms with Gasteiger partial charge in [0.2, 0.25) is 0 Å².